The Morgan fingerprint density at radius 1 is 1.81 bits per heavy atom. The maximum Gasteiger partial charge on any atom is 1.00 e. The molecule has 7 heteroatoms. The van der Waals surface area contributed by atoms with Crippen molar-refractivity contribution in [2.24, 2.45) is 4.99 Å². The van der Waals surface area contributed by atoms with E-state index >= 15 is 0 Å². The molecule has 16 heavy (non-hydrogen) atoms. The van der Waals surface area contributed by atoms with Crippen molar-refractivity contribution in [1.82, 2.24) is 9.97 Å². The van der Waals surface area contributed by atoms with E-state index in [9.17, 15) is 9.90 Å². The van der Waals surface area contributed by atoms with E-state index in [0.29, 0.717) is 5.69 Å². The van der Waals surface area contributed by atoms with Crippen molar-refractivity contribution < 1.29 is 44.6 Å². The summed E-state index contributed by atoms with van der Waals surface area (Å²) in [5.41, 5.74) is 0.614. The molecular weight excluding hydrogens is 221 g/mol. The number of carboxylic acid groups (broad SMARTS) is 1. The first kappa shape index (κ1) is 14.9. The molecule has 0 amide bonds. The molecule has 0 bridgehead atoms. The number of hydrogen-bond donors (Lipinski definition) is 2. The van der Waals surface area contributed by atoms with Crippen LogP contribution >= 0.6 is 0 Å². The van der Waals surface area contributed by atoms with Gasteiger partial charge in [-0.2, -0.15) is 0 Å². The molecule has 0 saturated carbocycles. The second-order valence-corrected chi connectivity index (χ2v) is 2.81. The van der Waals surface area contributed by atoms with E-state index in [1.165, 1.54) is 12.5 Å². The summed E-state index contributed by atoms with van der Waals surface area (Å²) in [6, 6.07) is -1.10. The summed E-state index contributed by atoms with van der Waals surface area (Å²) in [4.78, 5) is 20.7. The van der Waals surface area contributed by atoms with Gasteiger partial charge in [0, 0.05) is 18.3 Å². The molecule has 0 aromatic carbocycles. The number of aliphatic carboxylic acids is 1. The minimum Gasteiger partial charge on any atom is -0.859 e. The van der Waals surface area contributed by atoms with Gasteiger partial charge in [-0.05, 0) is 5.90 Å². The molecule has 1 aromatic rings. The largest absolute Gasteiger partial charge is 1.00 e. The molecule has 0 aliphatic heterocycles. The number of aromatic amines is 1. The molecule has 0 aliphatic rings. The quantitative estimate of drug-likeness (QED) is 0.310. The van der Waals surface area contributed by atoms with Crippen LogP contribution in [0.15, 0.2) is 30.2 Å². The monoisotopic (exact) mass is 231 g/mol. The minimum absolute atomic E-state index is 0. The summed E-state index contributed by atoms with van der Waals surface area (Å²) >= 11 is 0. The Morgan fingerprint density at radius 3 is 2.94 bits per heavy atom. The Labute approximate surface area is 114 Å². The number of rotatable bonds is 5. The molecule has 80 valence electrons. The maximum atomic E-state index is 10.9. The fourth-order valence-corrected chi connectivity index (χ4v) is 0.999. The second-order valence-electron chi connectivity index (χ2n) is 2.81. The van der Waals surface area contributed by atoms with Crippen LogP contribution in [-0.4, -0.2) is 33.0 Å². The molecule has 0 saturated heterocycles. The van der Waals surface area contributed by atoms with Crippen LogP contribution in [0.3, 0.4) is 0 Å². The Kier molecular flexibility index (Phi) is 6.71. The molecule has 2 N–H and O–H groups in total. The van der Waals surface area contributed by atoms with Crippen molar-refractivity contribution >= 4 is 11.9 Å². The van der Waals surface area contributed by atoms with Crippen LogP contribution in [-0.2, 0) is 11.2 Å². The van der Waals surface area contributed by atoms with E-state index in [1.807, 2.05) is 0 Å². The van der Waals surface area contributed by atoms with Gasteiger partial charge in [-0.15, -0.1) is 0 Å². The van der Waals surface area contributed by atoms with Crippen LogP contribution in [0, 0.1) is 0 Å². The standard InChI is InChI=1S/C9H11N3O3.Na/c1-2-8(13)12-7(9(14)15)3-6-4-10-5-11-6;/h2,4-5,7H,1,3H2,(H,10,11)(H,12,13)(H,14,15);/q;+1/p-1/t7-;/m1./s1. The van der Waals surface area contributed by atoms with Gasteiger partial charge in [0.15, 0.2) is 6.04 Å². The smallest absolute Gasteiger partial charge is 0.859 e. The Balaban J connectivity index is 0.00000225. The van der Waals surface area contributed by atoms with Gasteiger partial charge in [0.1, 0.15) is 0 Å². The number of imidazole rings is 1. The summed E-state index contributed by atoms with van der Waals surface area (Å²) in [7, 11) is 0. The predicted molar refractivity (Wildman–Crippen MR) is 51.3 cm³/mol. The van der Waals surface area contributed by atoms with E-state index in [4.69, 9.17) is 5.11 Å². The second kappa shape index (κ2) is 7.21. The predicted octanol–water partition coefficient (Wildman–Crippen LogP) is -3.65. The van der Waals surface area contributed by atoms with Crippen LogP contribution < -0.4 is 34.7 Å². The zero-order valence-electron chi connectivity index (χ0n) is 8.88. The van der Waals surface area contributed by atoms with Crippen LogP contribution in [0.2, 0.25) is 0 Å². The maximum absolute atomic E-state index is 10.9. The van der Waals surface area contributed by atoms with Gasteiger partial charge in [0.05, 0.1) is 6.33 Å². The van der Waals surface area contributed by atoms with Gasteiger partial charge in [-0.3, -0.25) is 4.99 Å². The van der Waals surface area contributed by atoms with E-state index < -0.39 is 17.9 Å². The minimum atomic E-state index is -1.15. The van der Waals surface area contributed by atoms with Crippen molar-refractivity contribution in [3.8, 4) is 0 Å². The molecule has 0 spiro atoms. The van der Waals surface area contributed by atoms with Gasteiger partial charge in [0.2, 0.25) is 0 Å². The Morgan fingerprint density at radius 2 is 2.50 bits per heavy atom. The van der Waals surface area contributed by atoms with Gasteiger partial charge < -0.3 is 15.2 Å². The van der Waals surface area contributed by atoms with Gasteiger partial charge in [0.25, 0.3) is 0 Å². The number of H-pyrrole nitrogens is 1. The fraction of sp³-hybridized carbons (Fsp3) is 0.222. The normalized spacial score (nSPS) is 12.6. The number of carbonyl (C=O) groups is 1. The third-order valence-electron chi connectivity index (χ3n) is 1.71. The molecule has 1 rings (SSSR count). The zero-order valence-corrected chi connectivity index (χ0v) is 10.9. The number of carboxylic acids is 1. The summed E-state index contributed by atoms with van der Waals surface area (Å²) in [5, 5.41) is 19.7. The summed E-state index contributed by atoms with van der Waals surface area (Å²) < 4.78 is 0. The topological polar surface area (TPSA) is 101 Å². The summed E-state index contributed by atoms with van der Waals surface area (Å²) in [6.45, 7) is 3.21. The third-order valence-corrected chi connectivity index (χ3v) is 1.71. The molecule has 1 aromatic heterocycles. The van der Waals surface area contributed by atoms with Gasteiger partial charge in [-0.1, -0.05) is 12.7 Å². The van der Waals surface area contributed by atoms with Crippen molar-refractivity contribution in [3.63, 3.8) is 0 Å². The van der Waals surface area contributed by atoms with Gasteiger partial charge in [-0.25, -0.2) is 9.78 Å². The average Bonchev–Trinajstić information content (AvgIpc) is 2.69. The van der Waals surface area contributed by atoms with Crippen LogP contribution in [0.1, 0.15) is 5.69 Å². The number of nitrogens with one attached hydrogen (secondary N) is 1. The van der Waals surface area contributed by atoms with Crippen LogP contribution in [0.25, 0.3) is 0 Å². The SMILES string of the molecule is C=CC([O-])=N[C@H](Cc1cnc[nH]1)C(=O)O.[Na+]. The molecule has 6 nitrogen and oxygen atoms in total. The first-order chi connectivity index (χ1) is 7.13. The molecule has 0 unspecified atom stereocenters. The zero-order chi connectivity index (χ0) is 11.3. The first-order valence-corrected chi connectivity index (χ1v) is 4.20. The van der Waals surface area contributed by atoms with E-state index in [0.717, 1.165) is 6.08 Å². The summed E-state index contributed by atoms with van der Waals surface area (Å²) in [6.07, 6.45) is 4.01. The van der Waals surface area contributed by atoms with E-state index in [-0.39, 0.29) is 36.0 Å². The van der Waals surface area contributed by atoms with Crippen molar-refractivity contribution in [3.05, 3.63) is 30.9 Å². The molecule has 1 heterocycles. The number of aliphatic imine (C=N–C) groups is 1. The van der Waals surface area contributed by atoms with Crippen LogP contribution in [0.4, 0.5) is 0 Å². The third kappa shape index (κ3) is 4.61. The van der Waals surface area contributed by atoms with Crippen molar-refractivity contribution in [2.45, 2.75) is 12.5 Å². The molecule has 1 atom stereocenters. The Bertz CT molecular complexity index is 375. The molecule has 0 radical (unpaired) electrons. The van der Waals surface area contributed by atoms with Crippen LogP contribution in [0.5, 0.6) is 0 Å². The molecular formula is C9H10N3NaO3. The van der Waals surface area contributed by atoms with Crippen molar-refractivity contribution in [1.29, 1.82) is 0 Å². The Hall–Kier alpha value is -1.11. The van der Waals surface area contributed by atoms with Crippen molar-refractivity contribution in [2.75, 3.05) is 0 Å². The number of nitrogens with zero attached hydrogens (tertiary/aromatic N) is 2. The average molecular weight is 231 g/mol. The molecule has 0 fully saturated rings. The first-order valence-electron chi connectivity index (χ1n) is 4.20. The fourth-order valence-electron chi connectivity index (χ4n) is 0.999. The van der Waals surface area contributed by atoms with E-state index in [1.54, 1.807) is 0 Å². The molecule has 0 aliphatic carbocycles. The van der Waals surface area contributed by atoms with E-state index in [2.05, 4.69) is 21.5 Å². The summed E-state index contributed by atoms with van der Waals surface area (Å²) in [5.74, 6) is -1.79. The number of aromatic nitrogens is 2. The number of hydrogen-bond acceptors (Lipinski definition) is 4. The van der Waals surface area contributed by atoms with Gasteiger partial charge >= 0.3 is 35.5 Å².